The summed E-state index contributed by atoms with van der Waals surface area (Å²) in [5, 5.41) is 19.6. The molecule has 0 aliphatic heterocycles. The summed E-state index contributed by atoms with van der Waals surface area (Å²) >= 11 is 0. The highest BCUT2D eigenvalue weighted by atomic mass is 16.6. The molecule has 8 nitrogen and oxygen atoms in total. The summed E-state index contributed by atoms with van der Waals surface area (Å²) in [6, 6.07) is 10.0. The molecule has 3 aromatic heterocycles. The summed E-state index contributed by atoms with van der Waals surface area (Å²) in [7, 11) is 5.39. The molecule has 5 rings (SSSR count). The van der Waals surface area contributed by atoms with E-state index in [2.05, 4.69) is 27.6 Å². The Balaban J connectivity index is 1.96. The Labute approximate surface area is 171 Å². The minimum absolute atomic E-state index is 0.0603. The van der Waals surface area contributed by atoms with Crippen molar-refractivity contribution in [2.75, 3.05) is 7.11 Å². The van der Waals surface area contributed by atoms with Gasteiger partial charge < -0.3 is 9.30 Å². The zero-order chi connectivity index (χ0) is 21.2. The molecule has 150 valence electrons. The van der Waals surface area contributed by atoms with E-state index in [0.717, 1.165) is 43.9 Å². The van der Waals surface area contributed by atoms with Crippen molar-refractivity contribution in [3.05, 3.63) is 58.4 Å². The van der Waals surface area contributed by atoms with E-state index in [-0.39, 0.29) is 5.69 Å². The fourth-order valence-corrected chi connectivity index (χ4v) is 4.42. The van der Waals surface area contributed by atoms with Gasteiger partial charge in [-0.15, -0.1) is 0 Å². The monoisotopic (exact) mass is 401 g/mol. The molecule has 3 heterocycles. The van der Waals surface area contributed by atoms with Crippen LogP contribution in [0.3, 0.4) is 0 Å². The summed E-state index contributed by atoms with van der Waals surface area (Å²) in [6.45, 7) is 2.07. The average Bonchev–Trinajstić information content (AvgIpc) is 3.26. The number of fused-ring (bicyclic) bond motifs is 4. The molecule has 0 spiro atoms. The maximum absolute atomic E-state index is 11.6. The molecule has 0 radical (unpaired) electrons. The molecule has 8 heteroatoms. The van der Waals surface area contributed by atoms with Crippen LogP contribution in [0.1, 0.15) is 5.56 Å². The lowest BCUT2D eigenvalue weighted by atomic mass is 9.99. The molecule has 30 heavy (non-hydrogen) atoms. The van der Waals surface area contributed by atoms with Gasteiger partial charge in [0.25, 0.3) is 0 Å². The summed E-state index contributed by atoms with van der Waals surface area (Å²) in [5.41, 5.74) is 4.17. The number of rotatable bonds is 3. The lowest BCUT2D eigenvalue weighted by molar-refractivity contribution is -0.384. The van der Waals surface area contributed by atoms with Crippen LogP contribution >= 0.6 is 0 Å². The van der Waals surface area contributed by atoms with Gasteiger partial charge in [0.1, 0.15) is 17.6 Å². The van der Waals surface area contributed by atoms with Crippen LogP contribution in [0, 0.1) is 17.0 Å². The first-order valence-electron chi connectivity index (χ1n) is 9.43. The van der Waals surface area contributed by atoms with E-state index in [4.69, 9.17) is 4.74 Å². The van der Waals surface area contributed by atoms with Gasteiger partial charge in [-0.25, -0.2) is 0 Å². The lowest BCUT2D eigenvalue weighted by Gasteiger charge is -2.10. The number of hydrogen-bond donors (Lipinski definition) is 0. The van der Waals surface area contributed by atoms with Gasteiger partial charge in [-0.2, -0.15) is 5.10 Å². The number of methoxy groups -OCH3 is 1. The van der Waals surface area contributed by atoms with Gasteiger partial charge in [0.15, 0.2) is 5.69 Å². The van der Waals surface area contributed by atoms with Crippen molar-refractivity contribution in [3.63, 3.8) is 0 Å². The predicted octanol–water partition coefficient (Wildman–Crippen LogP) is 4.51. The number of pyridine rings is 1. The van der Waals surface area contributed by atoms with Crippen LogP contribution < -0.4 is 4.74 Å². The number of nitrogens with zero attached hydrogens (tertiary/aromatic N) is 5. The van der Waals surface area contributed by atoms with E-state index in [1.807, 2.05) is 31.3 Å². The van der Waals surface area contributed by atoms with Gasteiger partial charge in [0, 0.05) is 42.0 Å². The zero-order valence-electron chi connectivity index (χ0n) is 17.0. The van der Waals surface area contributed by atoms with Gasteiger partial charge in [-0.1, -0.05) is 0 Å². The smallest absolute Gasteiger partial charge is 0.316 e. The first-order valence-corrected chi connectivity index (χ1v) is 9.43. The highest BCUT2D eigenvalue weighted by Crippen LogP contribution is 2.40. The summed E-state index contributed by atoms with van der Waals surface area (Å²) in [5.74, 6) is 0.779. The molecule has 5 aromatic rings. The van der Waals surface area contributed by atoms with E-state index in [1.165, 1.54) is 10.9 Å². The van der Waals surface area contributed by atoms with E-state index in [1.54, 1.807) is 20.4 Å². The Bertz CT molecular complexity index is 1500. The van der Waals surface area contributed by atoms with Crippen molar-refractivity contribution in [2.45, 2.75) is 6.92 Å². The van der Waals surface area contributed by atoms with Crippen molar-refractivity contribution in [3.8, 4) is 17.1 Å². The SMILES string of the molecule is COc1ccc2c(c1)c1cc3c(-c4c([N+](=O)[O-])cnn4C)nccc3c(C)c1n2C. The topological polar surface area (TPSA) is 88.0 Å². The maximum atomic E-state index is 11.6. The van der Waals surface area contributed by atoms with Crippen molar-refractivity contribution < 1.29 is 9.66 Å². The largest absolute Gasteiger partial charge is 0.497 e. The van der Waals surface area contributed by atoms with E-state index in [9.17, 15) is 10.1 Å². The number of ether oxygens (including phenoxy) is 1. The summed E-state index contributed by atoms with van der Waals surface area (Å²) < 4.78 is 9.11. The first-order chi connectivity index (χ1) is 14.4. The molecule has 0 N–H and O–H groups in total. The quantitative estimate of drug-likeness (QED) is 0.328. The van der Waals surface area contributed by atoms with Gasteiger partial charge in [-0.05, 0) is 48.2 Å². The standard InChI is InChI=1S/C22H19N5O3/c1-12-14-7-8-23-20(22-19(27(28)29)11-24-26(22)3)16(14)10-17-15-9-13(30-4)5-6-18(15)25(2)21(12)17/h5-11H,1-4H3. The number of hydrogen-bond acceptors (Lipinski definition) is 5. The summed E-state index contributed by atoms with van der Waals surface area (Å²) in [6.07, 6.45) is 2.96. The molecule has 0 saturated heterocycles. The fraction of sp³-hybridized carbons (Fsp3) is 0.182. The Morgan fingerprint density at radius 1 is 1.07 bits per heavy atom. The highest BCUT2D eigenvalue weighted by molar-refractivity contribution is 6.16. The van der Waals surface area contributed by atoms with E-state index >= 15 is 0 Å². The molecule has 0 amide bonds. The second-order valence-corrected chi connectivity index (χ2v) is 7.35. The predicted molar refractivity (Wildman–Crippen MR) is 116 cm³/mol. The van der Waals surface area contributed by atoms with Crippen molar-refractivity contribution in [1.82, 2.24) is 19.3 Å². The lowest BCUT2D eigenvalue weighted by Crippen LogP contribution is -1.99. The molecule has 0 unspecified atom stereocenters. The highest BCUT2D eigenvalue weighted by Gasteiger charge is 2.24. The second-order valence-electron chi connectivity index (χ2n) is 7.35. The zero-order valence-corrected chi connectivity index (χ0v) is 17.0. The van der Waals surface area contributed by atoms with Crippen molar-refractivity contribution >= 4 is 38.3 Å². The Kier molecular flexibility index (Phi) is 3.79. The molecule has 0 aliphatic carbocycles. The molecular weight excluding hydrogens is 382 g/mol. The van der Waals surface area contributed by atoms with Gasteiger partial charge in [0.2, 0.25) is 0 Å². The van der Waals surface area contributed by atoms with Crippen LogP contribution in [0.15, 0.2) is 42.7 Å². The van der Waals surface area contributed by atoms with Gasteiger partial charge >= 0.3 is 5.69 Å². The average molecular weight is 401 g/mol. The third kappa shape index (κ3) is 2.33. The Morgan fingerprint density at radius 2 is 1.87 bits per heavy atom. The van der Waals surface area contributed by atoms with Gasteiger partial charge in [0.05, 0.1) is 17.5 Å². The molecule has 0 aliphatic rings. The van der Waals surface area contributed by atoms with Crippen molar-refractivity contribution in [1.29, 1.82) is 0 Å². The van der Waals surface area contributed by atoms with Crippen LogP contribution in [0.25, 0.3) is 44.0 Å². The Morgan fingerprint density at radius 3 is 2.60 bits per heavy atom. The molecule has 0 bridgehead atoms. The van der Waals surface area contributed by atoms with Crippen molar-refractivity contribution in [2.24, 2.45) is 14.1 Å². The van der Waals surface area contributed by atoms with Crippen LogP contribution in [-0.4, -0.2) is 31.4 Å². The minimum Gasteiger partial charge on any atom is -0.497 e. The molecule has 0 atom stereocenters. The van der Waals surface area contributed by atoms with E-state index < -0.39 is 4.92 Å². The van der Waals surface area contributed by atoms with Crippen LogP contribution in [0.5, 0.6) is 5.75 Å². The summed E-state index contributed by atoms with van der Waals surface area (Å²) in [4.78, 5) is 15.7. The maximum Gasteiger partial charge on any atom is 0.316 e. The fourth-order valence-electron chi connectivity index (χ4n) is 4.42. The molecule has 0 saturated carbocycles. The third-order valence-electron chi connectivity index (χ3n) is 5.82. The minimum atomic E-state index is -0.420. The normalized spacial score (nSPS) is 11.6. The number of benzene rings is 2. The number of aromatic nitrogens is 4. The van der Waals surface area contributed by atoms with Gasteiger partial charge in [-0.3, -0.25) is 19.8 Å². The molecule has 0 fully saturated rings. The molecular formula is C22H19N5O3. The number of aryl methyl sites for hydroxylation is 3. The first kappa shape index (κ1) is 18.1. The van der Waals surface area contributed by atoms with Crippen LogP contribution in [0.2, 0.25) is 0 Å². The Hall–Kier alpha value is -3.94. The molecule has 2 aromatic carbocycles. The van der Waals surface area contributed by atoms with Crippen LogP contribution in [0.4, 0.5) is 5.69 Å². The van der Waals surface area contributed by atoms with E-state index in [0.29, 0.717) is 11.4 Å². The van der Waals surface area contributed by atoms with Crippen LogP contribution in [-0.2, 0) is 14.1 Å². The third-order valence-corrected chi connectivity index (χ3v) is 5.82. The number of nitro groups is 1. The second kappa shape index (κ2) is 6.28.